The number of halogens is 4. The Balaban J connectivity index is 0.00000392. The summed E-state index contributed by atoms with van der Waals surface area (Å²) in [4.78, 5) is 4.44. The van der Waals surface area contributed by atoms with Crippen molar-refractivity contribution in [1.82, 2.24) is 20.8 Å². The Morgan fingerprint density at radius 1 is 1.32 bits per heavy atom. The first-order chi connectivity index (χ1) is 13.0. The predicted molar refractivity (Wildman–Crippen MR) is 118 cm³/mol. The van der Waals surface area contributed by atoms with Gasteiger partial charge in [0.05, 0.1) is 12.7 Å². The van der Waals surface area contributed by atoms with Crippen LogP contribution in [0.25, 0.3) is 0 Å². The number of rotatable bonds is 9. The number of nitrogens with one attached hydrogen (secondary N) is 3. The van der Waals surface area contributed by atoms with E-state index < -0.39 is 6.61 Å². The highest BCUT2D eigenvalue weighted by Crippen LogP contribution is 2.25. The van der Waals surface area contributed by atoms with E-state index in [0.29, 0.717) is 29.6 Å². The van der Waals surface area contributed by atoms with Crippen molar-refractivity contribution in [3.8, 4) is 5.75 Å². The second kappa shape index (κ2) is 12.8. The summed E-state index contributed by atoms with van der Waals surface area (Å²) in [5.41, 5.74) is 2.75. The van der Waals surface area contributed by atoms with Crippen molar-refractivity contribution in [3.63, 3.8) is 0 Å². The lowest BCUT2D eigenvalue weighted by molar-refractivity contribution is -0.0504. The van der Waals surface area contributed by atoms with Gasteiger partial charge in [0.25, 0.3) is 0 Å². The SMILES string of the molecule is CCNC(=NCc1cc(Cl)ccc1OC(F)F)NCCCc1cn[nH]c1C.I. The molecule has 0 atom stereocenters. The lowest BCUT2D eigenvalue weighted by Crippen LogP contribution is -2.37. The molecule has 156 valence electrons. The molecule has 0 radical (unpaired) electrons. The number of nitrogens with zero attached hydrogens (tertiary/aromatic N) is 2. The number of guanidine groups is 1. The summed E-state index contributed by atoms with van der Waals surface area (Å²) in [6, 6.07) is 4.51. The van der Waals surface area contributed by atoms with Gasteiger partial charge in [0.1, 0.15) is 5.75 Å². The lowest BCUT2D eigenvalue weighted by atomic mass is 10.1. The van der Waals surface area contributed by atoms with E-state index in [0.717, 1.165) is 18.5 Å². The molecule has 0 fully saturated rings. The Kier molecular flexibility index (Phi) is 11.1. The third kappa shape index (κ3) is 8.17. The fourth-order valence-electron chi connectivity index (χ4n) is 2.50. The van der Waals surface area contributed by atoms with Crippen LogP contribution in [0.5, 0.6) is 5.75 Å². The van der Waals surface area contributed by atoms with Crippen molar-refractivity contribution in [2.45, 2.75) is 39.8 Å². The predicted octanol–water partition coefficient (Wildman–Crippen LogP) is 4.28. The first kappa shape index (κ1) is 24.4. The van der Waals surface area contributed by atoms with Crippen LogP contribution < -0.4 is 15.4 Å². The van der Waals surface area contributed by atoms with E-state index in [9.17, 15) is 8.78 Å². The second-order valence-corrected chi connectivity index (χ2v) is 6.31. The number of aromatic nitrogens is 2. The molecule has 10 heteroatoms. The number of alkyl halides is 2. The van der Waals surface area contributed by atoms with Crippen molar-refractivity contribution in [3.05, 3.63) is 46.2 Å². The van der Waals surface area contributed by atoms with Crippen LogP contribution in [0.3, 0.4) is 0 Å². The minimum absolute atomic E-state index is 0. The zero-order chi connectivity index (χ0) is 19.6. The highest BCUT2D eigenvalue weighted by molar-refractivity contribution is 14.0. The van der Waals surface area contributed by atoms with Crippen molar-refractivity contribution >= 4 is 41.5 Å². The first-order valence-electron chi connectivity index (χ1n) is 8.73. The van der Waals surface area contributed by atoms with Gasteiger partial charge in [-0.1, -0.05) is 11.6 Å². The summed E-state index contributed by atoms with van der Waals surface area (Å²) in [6.07, 6.45) is 3.63. The highest BCUT2D eigenvalue weighted by atomic mass is 127. The molecule has 1 aromatic carbocycles. The van der Waals surface area contributed by atoms with Gasteiger partial charge in [-0.25, -0.2) is 4.99 Å². The summed E-state index contributed by atoms with van der Waals surface area (Å²) >= 11 is 5.96. The molecule has 0 aliphatic carbocycles. The molecule has 0 unspecified atom stereocenters. The summed E-state index contributed by atoms with van der Waals surface area (Å²) < 4.78 is 29.6. The van der Waals surface area contributed by atoms with E-state index in [4.69, 9.17) is 11.6 Å². The Hall–Kier alpha value is -1.62. The minimum Gasteiger partial charge on any atom is -0.434 e. The number of ether oxygens (including phenoxy) is 1. The highest BCUT2D eigenvalue weighted by Gasteiger charge is 2.10. The van der Waals surface area contributed by atoms with Crippen molar-refractivity contribution in [2.75, 3.05) is 13.1 Å². The molecule has 0 bridgehead atoms. The molecule has 3 N–H and O–H groups in total. The van der Waals surface area contributed by atoms with Gasteiger partial charge in [-0.05, 0) is 50.5 Å². The first-order valence-corrected chi connectivity index (χ1v) is 9.11. The van der Waals surface area contributed by atoms with E-state index >= 15 is 0 Å². The van der Waals surface area contributed by atoms with Crippen LogP contribution in [-0.2, 0) is 13.0 Å². The van der Waals surface area contributed by atoms with Gasteiger partial charge in [0, 0.05) is 29.4 Å². The van der Waals surface area contributed by atoms with E-state index in [1.807, 2.05) is 20.0 Å². The molecule has 0 saturated carbocycles. The summed E-state index contributed by atoms with van der Waals surface area (Å²) in [6.45, 7) is 2.61. The fourth-order valence-corrected chi connectivity index (χ4v) is 2.70. The molecule has 1 heterocycles. The third-order valence-corrected chi connectivity index (χ3v) is 4.08. The van der Waals surface area contributed by atoms with Crippen molar-refractivity contribution in [1.29, 1.82) is 0 Å². The number of aryl methyl sites for hydroxylation is 2. The molecule has 2 rings (SSSR count). The molecule has 0 spiro atoms. The Bertz CT molecular complexity index is 757. The van der Waals surface area contributed by atoms with E-state index in [1.165, 1.54) is 17.7 Å². The number of aromatic amines is 1. The molecular weight excluding hydrogens is 503 g/mol. The largest absolute Gasteiger partial charge is 0.434 e. The van der Waals surface area contributed by atoms with Gasteiger partial charge in [0.15, 0.2) is 5.96 Å². The topological polar surface area (TPSA) is 74.3 Å². The number of benzene rings is 1. The maximum absolute atomic E-state index is 12.5. The van der Waals surface area contributed by atoms with Gasteiger partial charge in [0.2, 0.25) is 0 Å². The molecule has 0 aliphatic heterocycles. The Labute approximate surface area is 185 Å². The van der Waals surface area contributed by atoms with Gasteiger partial charge >= 0.3 is 6.61 Å². The zero-order valence-corrected chi connectivity index (χ0v) is 18.9. The normalized spacial score (nSPS) is 11.3. The zero-order valence-electron chi connectivity index (χ0n) is 15.8. The number of hydrogen-bond acceptors (Lipinski definition) is 3. The minimum atomic E-state index is -2.90. The summed E-state index contributed by atoms with van der Waals surface area (Å²) in [7, 11) is 0. The Morgan fingerprint density at radius 2 is 2.11 bits per heavy atom. The average molecular weight is 528 g/mol. The van der Waals surface area contributed by atoms with Crippen LogP contribution >= 0.6 is 35.6 Å². The molecule has 0 aliphatic rings. The smallest absolute Gasteiger partial charge is 0.387 e. The maximum Gasteiger partial charge on any atom is 0.387 e. The van der Waals surface area contributed by atoms with Gasteiger partial charge in [-0.15, -0.1) is 24.0 Å². The number of H-pyrrole nitrogens is 1. The molecule has 28 heavy (non-hydrogen) atoms. The second-order valence-electron chi connectivity index (χ2n) is 5.88. The van der Waals surface area contributed by atoms with E-state index in [-0.39, 0.29) is 36.3 Å². The van der Waals surface area contributed by atoms with E-state index in [1.54, 1.807) is 6.07 Å². The average Bonchev–Trinajstić information content (AvgIpc) is 3.03. The molecule has 2 aromatic rings. The molecule has 0 saturated heterocycles. The van der Waals surface area contributed by atoms with Gasteiger partial charge in [-0.3, -0.25) is 5.10 Å². The van der Waals surface area contributed by atoms with Gasteiger partial charge in [-0.2, -0.15) is 13.9 Å². The standard InChI is InChI=1S/C18H24ClF2N5O.HI/c1-3-22-18(23-8-4-5-13-11-25-26-12(13)2)24-10-14-9-15(19)6-7-16(14)27-17(20)21;/h6-7,9,11,17H,3-5,8,10H2,1-2H3,(H,25,26)(H2,22,23,24);1H. The van der Waals surface area contributed by atoms with Crippen LogP contribution in [0, 0.1) is 6.92 Å². The quantitative estimate of drug-likeness (QED) is 0.197. The van der Waals surface area contributed by atoms with Crippen LogP contribution in [0.15, 0.2) is 29.4 Å². The van der Waals surface area contributed by atoms with Crippen LogP contribution in [0.1, 0.15) is 30.2 Å². The monoisotopic (exact) mass is 527 g/mol. The van der Waals surface area contributed by atoms with Crippen LogP contribution in [0.2, 0.25) is 5.02 Å². The fraction of sp³-hybridized carbons (Fsp3) is 0.444. The van der Waals surface area contributed by atoms with E-state index in [2.05, 4.69) is 30.6 Å². The van der Waals surface area contributed by atoms with Crippen molar-refractivity contribution < 1.29 is 13.5 Å². The van der Waals surface area contributed by atoms with Crippen LogP contribution in [-0.4, -0.2) is 35.9 Å². The molecule has 1 aromatic heterocycles. The maximum atomic E-state index is 12.5. The Morgan fingerprint density at radius 3 is 2.75 bits per heavy atom. The third-order valence-electron chi connectivity index (χ3n) is 3.84. The van der Waals surface area contributed by atoms with Gasteiger partial charge < -0.3 is 15.4 Å². The molecular formula is C18H25ClF2IN5O. The molecule has 6 nitrogen and oxygen atoms in total. The van der Waals surface area contributed by atoms with Crippen molar-refractivity contribution in [2.24, 2.45) is 4.99 Å². The summed E-state index contributed by atoms with van der Waals surface area (Å²) in [5, 5.41) is 13.7. The molecule has 0 amide bonds. The van der Waals surface area contributed by atoms with Crippen LogP contribution in [0.4, 0.5) is 8.78 Å². The summed E-state index contributed by atoms with van der Waals surface area (Å²) in [5.74, 6) is 0.675. The lowest BCUT2D eigenvalue weighted by Gasteiger charge is -2.13. The number of aliphatic imine (C=N–C) groups is 1. The number of hydrogen-bond donors (Lipinski definition) is 3.